The van der Waals surface area contributed by atoms with Crippen molar-refractivity contribution in [3.8, 4) is 34.3 Å². The molecule has 2 amide bonds. The second-order valence-corrected chi connectivity index (χ2v) is 9.87. The Balaban J connectivity index is 1.32. The molecule has 10 nitrogen and oxygen atoms in total. The van der Waals surface area contributed by atoms with Crippen LogP contribution in [0.2, 0.25) is 0 Å². The van der Waals surface area contributed by atoms with Gasteiger partial charge < -0.3 is 19.7 Å². The molecule has 0 aliphatic carbocycles. The Morgan fingerprint density at radius 1 is 1.12 bits per heavy atom. The van der Waals surface area contributed by atoms with Crippen LogP contribution in [-0.4, -0.2) is 56.8 Å². The zero-order valence-corrected chi connectivity index (χ0v) is 23.0. The average molecular weight is 567 g/mol. The lowest BCUT2D eigenvalue weighted by atomic mass is 10.1. The molecule has 1 aliphatic rings. The van der Waals surface area contributed by atoms with Crippen LogP contribution >= 0.6 is 0 Å². The van der Waals surface area contributed by atoms with E-state index in [-0.39, 0.29) is 30.8 Å². The van der Waals surface area contributed by atoms with Gasteiger partial charge in [-0.05, 0) is 66.2 Å². The summed E-state index contributed by atoms with van der Waals surface area (Å²) in [6, 6.07) is 16.9. The topological polar surface area (TPSA) is 104 Å². The number of imidazole rings is 1. The number of hydrogen-bond donors (Lipinski definition) is 1. The predicted molar refractivity (Wildman–Crippen MR) is 152 cm³/mol. The number of rotatable bonds is 5. The highest BCUT2D eigenvalue weighted by Crippen LogP contribution is 2.33. The molecule has 0 saturated heterocycles. The number of benzene rings is 3. The van der Waals surface area contributed by atoms with E-state index < -0.39 is 0 Å². The average Bonchev–Trinajstić information content (AvgIpc) is 3.69. The van der Waals surface area contributed by atoms with Crippen molar-refractivity contribution in [3.63, 3.8) is 0 Å². The summed E-state index contributed by atoms with van der Waals surface area (Å²) in [6.45, 7) is 0.301. The quantitative estimate of drug-likeness (QED) is 0.343. The van der Waals surface area contributed by atoms with E-state index in [9.17, 15) is 14.0 Å². The van der Waals surface area contributed by atoms with Crippen LogP contribution < -0.4 is 14.8 Å². The highest BCUT2D eigenvalue weighted by molar-refractivity contribution is 5.95. The van der Waals surface area contributed by atoms with Crippen molar-refractivity contribution in [3.05, 3.63) is 108 Å². The number of halogens is 1. The number of carbonyl (C=O) groups is 2. The number of methoxy groups -OCH3 is 1. The zero-order chi connectivity index (χ0) is 29.2. The van der Waals surface area contributed by atoms with Gasteiger partial charge in [-0.1, -0.05) is 0 Å². The van der Waals surface area contributed by atoms with Crippen LogP contribution in [0, 0.1) is 5.82 Å². The molecular formula is C31H27FN6O4. The molecule has 212 valence electrons. The number of carbonyl (C=O) groups excluding carboxylic acids is 2. The molecule has 5 aromatic rings. The standard InChI is InChI=1S/C31H27FN6O4/c1-36(17-21-16-35-38(18-21)25-6-4-24(32)5-7-25)31(40)23-11-20-12-26(13-23)37-10-9-33-30(37)22-3-8-27(41-2)28(14-22)42-19-29(39)34-15-20/h3-14,16,18H,15,17,19H2,1-2H3,(H,34,39). The Kier molecular flexibility index (Phi) is 7.14. The van der Waals surface area contributed by atoms with E-state index in [1.165, 1.54) is 19.2 Å². The molecule has 0 fully saturated rings. The van der Waals surface area contributed by atoms with Gasteiger partial charge in [-0.3, -0.25) is 14.2 Å². The van der Waals surface area contributed by atoms with Gasteiger partial charge in [0.1, 0.15) is 11.6 Å². The summed E-state index contributed by atoms with van der Waals surface area (Å²) in [7, 11) is 3.25. The Bertz CT molecular complexity index is 1780. The minimum absolute atomic E-state index is 0.198. The van der Waals surface area contributed by atoms with E-state index in [0.717, 1.165) is 16.7 Å². The number of amides is 2. The normalized spacial score (nSPS) is 12.6. The number of nitrogens with one attached hydrogen (secondary N) is 1. The van der Waals surface area contributed by atoms with Gasteiger partial charge in [-0.15, -0.1) is 0 Å². The van der Waals surface area contributed by atoms with Crippen LogP contribution in [0.3, 0.4) is 0 Å². The van der Waals surface area contributed by atoms with Crippen molar-refractivity contribution in [2.24, 2.45) is 0 Å². The lowest BCUT2D eigenvalue weighted by Gasteiger charge is -2.18. The number of ether oxygens (including phenoxy) is 2. The Hall–Kier alpha value is -5.45. The fraction of sp³-hybridized carbons (Fsp3) is 0.161. The summed E-state index contributed by atoms with van der Waals surface area (Å²) >= 11 is 0. The van der Waals surface area contributed by atoms with Crippen LogP contribution in [0.4, 0.5) is 4.39 Å². The van der Waals surface area contributed by atoms with Crippen LogP contribution in [0.5, 0.6) is 11.5 Å². The van der Waals surface area contributed by atoms with Gasteiger partial charge in [0.2, 0.25) is 0 Å². The van der Waals surface area contributed by atoms with E-state index in [1.807, 2.05) is 22.9 Å². The molecule has 1 N–H and O–H groups in total. The van der Waals surface area contributed by atoms with Crippen molar-refractivity contribution >= 4 is 11.8 Å². The van der Waals surface area contributed by atoms with E-state index in [0.29, 0.717) is 40.8 Å². The van der Waals surface area contributed by atoms with Gasteiger partial charge in [0.15, 0.2) is 18.1 Å². The molecule has 1 aliphatic heterocycles. The first-order valence-corrected chi connectivity index (χ1v) is 13.2. The van der Waals surface area contributed by atoms with Gasteiger partial charge in [0.05, 0.1) is 19.0 Å². The van der Waals surface area contributed by atoms with Crippen molar-refractivity contribution < 1.29 is 23.5 Å². The maximum atomic E-state index is 13.7. The summed E-state index contributed by atoms with van der Waals surface area (Å²) in [5.41, 5.74) is 4.18. The minimum Gasteiger partial charge on any atom is -0.493 e. The van der Waals surface area contributed by atoms with Crippen molar-refractivity contribution in [2.75, 3.05) is 20.8 Å². The van der Waals surface area contributed by atoms with Gasteiger partial charge in [-0.25, -0.2) is 14.1 Å². The monoisotopic (exact) mass is 566 g/mol. The summed E-state index contributed by atoms with van der Waals surface area (Å²) < 4.78 is 28.0. The van der Waals surface area contributed by atoms with Crippen molar-refractivity contribution in [1.82, 2.24) is 29.5 Å². The second-order valence-electron chi connectivity index (χ2n) is 9.87. The Morgan fingerprint density at radius 3 is 2.76 bits per heavy atom. The fourth-order valence-corrected chi connectivity index (χ4v) is 4.83. The van der Waals surface area contributed by atoms with Gasteiger partial charge >= 0.3 is 0 Å². The lowest BCUT2D eigenvalue weighted by molar-refractivity contribution is -0.123. The zero-order valence-electron chi connectivity index (χ0n) is 23.0. The molecular weight excluding hydrogens is 539 g/mol. The number of fused-ring (bicyclic) bond motifs is 7. The summed E-state index contributed by atoms with van der Waals surface area (Å²) in [5, 5.41) is 7.21. The van der Waals surface area contributed by atoms with E-state index in [1.54, 1.807) is 71.6 Å². The third-order valence-electron chi connectivity index (χ3n) is 6.91. The first-order valence-electron chi connectivity index (χ1n) is 13.2. The predicted octanol–water partition coefficient (Wildman–Crippen LogP) is 4.15. The molecule has 0 radical (unpaired) electrons. The molecule has 0 spiro atoms. The van der Waals surface area contributed by atoms with E-state index in [2.05, 4.69) is 15.4 Å². The third kappa shape index (κ3) is 5.44. The maximum absolute atomic E-state index is 13.7. The Labute approximate surface area is 240 Å². The highest BCUT2D eigenvalue weighted by atomic mass is 19.1. The SMILES string of the molecule is COc1ccc2cc1OCC(=O)NCc1cc(C(=O)N(C)Cc3cnn(-c4ccc(F)cc4)c3)cc(c1)-n1ccnc1-2. The molecule has 0 unspecified atom stereocenters. The van der Waals surface area contributed by atoms with Crippen LogP contribution in [-0.2, 0) is 17.9 Å². The molecule has 3 aromatic carbocycles. The van der Waals surface area contributed by atoms with Crippen LogP contribution in [0.1, 0.15) is 21.5 Å². The molecule has 2 aromatic heterocycles. The summed E-state index contributed by atoms with van der Waals surface area (Å²) in [6.07, 6.45) is 6.99. The smallest absolute Gasteiger partial charge is 0.258 e. The second kappa shape index (κ2) is 11.2. The van der Waals surface area contributed by atoms with Crippen LogP contribution in [0.15, 0.2) is 85.5 Å². The minimum atomic E-state index is -0.324. The van der Waals surface area contributed by atoms with Crippen molar-refractivity contribution in [1.29, 1.82) is 0 Å². The van der Waals surface area contributed by atoms with Gasteiger partial charge in [-0.2, -0.15) is 5.10 Å². The molecule has 11 heteroatoms. The number of aromatic nitrogens is 4. The molecule has 0 atom stereocenters. The largest absolute Gasteiger partial charge is 0.493 e. The molecule has 6 rings (SSSR count). The Morgan fingerprint density at radius 2 is 1.95 bits per heavy atom. The lowest BCUT2D eigenvalue weighted by Crippen LogP contribution is -2.29. The van der Waals surface area contributed by atoms with E-state index >= 15 is 0 Å². The summed E-state index contributed by atoms with van der Waals surface area (Å²) in [5.74, 6) is 0.714. The fourth-order valence-electron chi connectivity index (χ4n) is 4.83. The first-order chi connectivity index (χ1) is 20.4. The molecule has 3 heterocycles. The third-order valence-corrected chi connectivity index (χ3v) is 6.91. The summed E-state index contributed by atoms with van der Waals surface area (Å²) in [4.78, 5) is 32.4. The van der Waals surface area contributed by atoms with Crippen molar-refractivity contribution in [2.45, 2.75) is 13.1 Å². The number of nitrogens with zero attached hydrogens (tertiary/aromatic N) is 5. The maximum Gasteiger partial charge on any atom is 0.258 e. The molecule has 4 bridgehead atoms. The highest BCUT2D eigenvalue weighted by Gasteiger charge is 2.19. The van der Waals surface area contributed by atoms with Crippen LogP contribution in [0.25, 0.3) is 22.8 Å². The molecule has 0 saturated carbocycles. The first kappa shape index (κ1) is 26.8. The van der Waals surface area contributed by atoms with Gasteiger partial charge in [0, 0.05) is 61.1 Å². The van der Waals surface area contributed by atoms with E-state index in [4.69, 9.17) is 9.47 Å². The number of hydrogen-bond acceptors (Lipinski definition) is 6. The molecule has 42 heavy (non-hydrogen) atoms. The van der Waals surface area contributed by atoms with Gasteiger partial charge in [0.25, 0.3) is 11.8 Å².